The SMILES string of the molecule is O=C(/C=C/c1cc2ccccc2nc1N1CCCCC1)c1ccccc1OCc1cn(-c2ccccc2Cl)nn1. The van der Waals surface area contributed by atoms with E-state index in [0.29, 0.717) is 22.0 Å². The molecule has 0 bridgehead atoms. The van der Waals surface area contributed by atoms with Gasteiger partial charge in [0.2, 0.25) is 0 Å². The quantitative estimate of drug-likeness (QED) is 0.154. The molecule has 0 atom stereocenters. The molecule has 0 spiro atoms. The number of anilines is 1. The number of ether oxygens (including phenoxy) is 1. The molecule has 0 unspecified atom stereocenters. The highest BCUT2D eigenvalue weighted by molar-refractivity contribution is 6.32. The minimum Gasteiger partial charge on any atom is -0.486 e. The third-order valence-corrected chi connectivity index (χ3v) is 7.29. The van der Waals surface area contributed by atoms with Crippen molar-refractivity contribution in [3.8, 4) is 11.4 Å². The molecular formula is C32H28ClN5O2. The average molecular weight is 550 g/mol. The summed E-state index contributed by atoms with van der Waals surface area (Å²) in [7, 11) is 0. The van der Waals surface area contributed by atoms with Crippen molar-refractivity contribution in [2.45, 2.75) is 25.9 Å². The first-order valence-corrected chi connectivity index (χ1v) is 13.8. The standard InChI is InChI=1S/C32H28ClN5O2/c33-27-12-4-6-14-29(27)38-21-25(35-36-38)22-40-31-15-7-3-11-26(31)30(39)17-16-24-20-23-10-2-5-13-28(23)34-32(24)37-18-8-1-9-19-37/h2-7,10-17,20-21H,1,8-9,18-19,22H2/b17-16+. The number of nitrogens with zero attached hydrogens (tertiary/aromatic N) is 5. The fourth-order valence-corrected chi connectivity index (χ4v) is 5.15. The van der Waals surface area contributed by atoms with Crippen molar-refractivity contribution >= 4 is 40.2 Å². The highest BCUT2D eigenvalue weighted by atomic mass is 35.5. The van der Waals surface area contributed by atoms with E-state index in [1.807, 2.05) is 60.7 Å². The second-order valence-electron chi connectivity index (χ2n) is 9.73. The maximum Gasteiger partial charge on any atom is 0.189 e. The molecule has 1 saturated heterocycles. The van der Waals surface area contributed by atoms with Crippen LogP contribution in [0.1, 0.15) is 40.9 Å². The molecule has 6 rings (SSSR count). The van der Waals surface area contributed by atoms with Gasteiger partial charge in [-0.15, -0.1) is 5.10 Å². The van der Waals surface area contributed by atoms with Crippen LogP contribution >= 0.6 is 11.6 Å². The van der Waals surface area contributed by atoms with Gasteiger partial charge in [-0.1, -0.05) is 59.3 Å². The Morgan fingerprint density at radius 1 is 0.950 bits per heavy atom. The second kappa shape index (κ2) is 11.7. The number of fused-ring (bicyclic) bond motifs is 1. The van der Waals surface area contributed by atoms with Gasteiger partial charge in [-0.05, 0) is 67.8 Å². The molecule has 2 aromatic heterocycles. The van der Waals surface area contributed by atoms with Crippen molar-refractivity contribution in [1.82, 2.24) is 20.0 Å². The summed E-state index contributed by atoms with van der Waals surface area (Å²) in [5.41, 5.74) is 3.72. The van der Waals surface area contributed by atoms with Gasteiger partial charge in [0.15, 0.2) is 5.78 Å². The Bertz CT molecular complexity index is 1690. The van der Waals surface area contributed by atoms with Gasteiger partial charge in [-0.2, -0.15) is 0 Å². The number of benzene rings is 3. The molecular weight excluding hydrogens is 522 g/mol. The molecule has 40 heavy (non-hydrogen) atoms. The van der Waals surface area contributed by atoms with Crippen molar-refractivity contribution in [3.05, 3.63) is 113 Å². The first-order chi connectivity index (χ1) is 19.7. The number of rotatable bonds is 8. The summed E-state index contributed by atoms with van der Waals surface area (Å²) in [4.78, 5) is 20.7. The molecule has 8 heteroatoms. The molecule has 200 valence electrons. The third kappa shape index (κ3) is 5.60. The van der Waals surface area contributed by atoms with Crippen LogP contribution in [0.5, 0.6) is 5.75 Å². The number of hydrogen-bond donors (Lipinski definition) is 0. The zero-order chi connectivity index (χ0) is 27.3. The van der Waals surface area contributed by atoms with Gasteiger partial charge < -0.3 is 9.64 Å². The number of para-hydroxylation sites is 3. The lowest BCUT2D eigenvalue weighted by Crippen LogP contribution is -2.30. The van der Waals surface area contributed by atoms with Crippen LogP contribution in [-0.2, 0) is 6.61 Å². The molecule has 0 radical (unpaired) electrons. The third-order valence-electron chi connectivity index (χ3n) is 6.97. The normalized spacial score (nSPS) is 13.7. The lowest BCUT2D eigenvalue weighted by Gasteiger charge is -2.29. The molecule has 0 saturated carbocycles. The van der Waals surface area contributed by atoms with Crippen molar-refractivity contribution in [2.24, 2.45) is 0 Å². The molecule has 7 nitrogen and oxygen atoms in total. The Labute approximate surface area is 237 Å². The lowest BCUT2D eigenvalue weighted by atomic mass is 10.1. The van der Waals surface area contributed by atoms with Gasteiger partial charge in [0.05, 0.1) is 28.0 Å². The number of carbonyl (C=O) groups is 1. The molecule has 3 heterocycles. The monoisotopic (exact) mass is 549 g/mol. The Morgan fingerprint density at radius 2 is 1.73 bits per heavy atom. The van der Waals surface area contributed by atoms with Crippen LogP contribution in [0, 0.1) is 0 Å². The first kappa shape index (κ1) is 25.8. The van der Waals surface area contributed by atoms with Gasteiger partial charge in [0.25, 0.3) is 0 Å². The van der Waals surface area contributed by atoms with Gasteiger partial charge in [-0.25, -0.2) is 9.67 Å². The van der Waals surface area contributed by atoms with Crippen LogP contribution in [0.15, 0.2) is 91.1 Å². The van der Waals surface area contributed by atoms with Crippen LogP contribution in [0.2, 0.25) is 5.02 Å². The van der Waals surface area contributed by atoms with Gasteiger partial charge in [-0.3, -0.25) is 4.79 Å². The minimum atomic E-state index is -0.145. The second-order valence-corrected chi connectivity index (χ2v) is 10.1. The van der Waals surface area contributed by atoms with E-state index in [2.05, 4.69) is 21.3 Å². The van der Waals surface area contributed by atoms with E-state index in [-0.39, 0.29) is 12.4 Å². The number of allylic oxidation sites excluding steroid dienone is 1. The Balaban J connectivity index is 1.22. The number of ketones is 1. The molecule has 3 aromatic carbocycles. The topological polar surface area (TPSA) is 73.1 Å². The molecule has 1 fully saturated rings. The highest BCUT2D eigenvalue weighted by Gasteiger charge is 2.17. The van der Waals surface area contributed by atoms with Gasteiger partial charge >= 0.3 is 0 Å². The lowest BCUT2D eigenvalue weighted by molar-refractivity contribution is 0.104. The summed E-state index contributed by atoms with van der Waals surface area (Å²) in [5.74, 6) is 1.26. The fourth-order valence-electron chi connectivity index (χ4n) is 4.93. The Hall–Kier alpha value is -4.49. The zero-order valence-electron chi connectivity index (χ0n) is 21.9. The Kier molecular flexibility index (Phi) is 7.55. The molecule has 0 aliphatic carbocycles. The number of piperidine rings is 1. The van der Waals surface area contributed by atoms with Crippen molar-refractivity contribution in [2.75, 3.05) is 18.0 Å². The van der Waals surface area contributed by atoms with Crippen molar-refractivity contribution in [1.29, 1.82) is 0 Å². The van der Waals surface area contributed by atoms with E-state index in [1.165, 1.54) is 6.42 Å². The van der Waals surface area contributed by atoms with E-state index in [1.54, 1.807) is 35.2 Å². The maximum atomic E-state index is 13.4. The van der Waals surface area contributed by atoms with E-state index in [9.17, 15) is 4.79 Å². The first-order valence-electron chi connectivity index (χ1n) is 13.4. The van der Waals surface area contributed by atoms with Gasteiger partial charge in [0.1, 0.15) is 23.9 Å². The highest BCUT2D eigenvalue weighted by Crippen LogP contribution is 2.28. The van der Waals surface area contributed by atoms with Crippen LogP contribution in [0.25, 0.3) is 22.7 Å². The average Bonchev–Trinajstić information content (AvgIpc) is 3.48. The molecule has 1 aliphatic rings. The largest absolute Gasteiger partial charge is 0.486 e. The van der Waals surface area contributed by atoms with Crippen LogP contribution in [0.3, 0.4) is 0 Å². The van der Waals surface area contributed by atoms with Crippen molar-refractivity contribution < 1.29 is 9.53 Å². The summed E-state index contributed by atoms with van der Waals surface area (Å²) < 4.78 is 7.64. The zero-order valence-corrected chi connectivity index (χ0v) is 22.7. The summed E-state index contributed by atoms with van der Waals surface area (Å²) in [6.07, 6.45) is 8.77. The number of aromatic nitrogens is 4. The summed E-state index contributed by atoms with van der Waals surface area (Å²) in [5, 5.41) is 9.98. The summed E-state index contributed by atoms with van der Waals surface area (Å²) in [6.45, 7) is 2.10. The predicted octanol–water partition coefficient (Wildman–Crippen LogP) is 6.93. The Morgan fingerprint density at radius 3 is 2.60 bits per heavy atom. The maximum absolute atomic E-state index is 13.4. The van der Waals surface area contributed by atoms with E-state index in [4.69, 9.17) is 21.3 Å². The number of carbonyl (C=O) groups excluding carboxylic acids is 1. The smallest absolute Gasteiger partial charge is 0.189 e. The van der Waals surface area contributed by atoms with E-state index >= 15 is 0 Å². The predicted molar refractivity (Wildman–Crippen MR) is 158 cm³/mol. The van der Waals surface area contributed by atoms with Crippen LogP contribution < -0.4 is 9.64 Å². The molecule has 0 N–H and O–H groups in total. The van der Waals surface area contributed by atoms with E-state index in [0.717, 1.165) is 53.9 Å². The molecule has 5 aromatic rings. The number of halogens is 1. The number of hydrogen-bond acceptors (Lipinski definition) is 6. The van der Waals surface area contributed by atoms with Crippen LogP contribution in [0.4, 0.5) is 5.82 Å². The van der Waals surface area contributed by atoms with E-state index < -0.39 is 0 Å². The van der Waals surface area contributed by atoms with Crippen molar-refractivity contribution in [3.63, 3.8) is 0 Å². The molecule has 0 amide bonds. The minimum absolute atomic E-state index is 0.145. The summed E-state index contributed by atoms with van der Waals surface area (Å²) >= 11 is 6.28. The number of pyridine rings is 1. The fraction of sp³-hybridized carbons (Fsp3) is 0.188. The summed E-state index contributed by atoms with van der Waals surface area (Å²) in [6, 6.07) is 24.8. The van der Waals surface area contributed by atoms with Gasteiger partial charge in [0, 0.05) is 24.0 Å². The van der Waals surface area contributed by atoms with Crippen LogP contribution in [-0.4, -0.2) is 38.9 Å². The molecule has 1 aliphatic heterocycles.